The quantitative estimate of drug-likeness (QED) is 0.569. The number of benzene rings is 2. The maximum Gasteiger partial charge on any atom is 0.137 e. The number of hydrogen-bond acceptors (Lipinski definition) is 5. The van der Waals surface area contributed by atoms with Crippen LogP contribution in [-0.2, 0) is 0 Å². The summed E-state index contributed by atoms with van der Waals surface area (Å²) in [5.41, 5.74) is 2.94. The lowest BCUT2D eigenvalue weighted by atomic mass is 10.0. The van der Waals surface area contributed by atoms with E-state index in [0.29, 0.717) is 18.9 Å². The summed E-state index contributed by atoms with van der Waals surface area (Å²) in [5, 5.41) is 13.2. The Morgan fingerprint density at radius 3 is 2.81 bits per heavy atom. The van der Waals surface area contributed by atoms with Crippen molar-refractivity contribution < 1.29 is 4.74 Å². The molecule has 2 aromatic carbocycles. The van der Waals surface area contributed by atoms with Gasteiger partial charge in [0.15, 0.2) is 0 Å². The number of rotatable bonds is 8. The molecule has 0 amide bonds. The second-order valence-corrected chi connectivity index (χ2v) is 6.82. The molecule has 0 radical (unpaired) electrons. The molecule has 0 fully saturated rings. The maximum absolute atomic E-state index is 8.73. The van der Waals surface area contributed by atoms with Gasteiger partial charge >= 0.3 is 0 Å². The van der Waals surface area contributed by atoms with Gasteiger partial charge in [0.05, 0.1) is 18.0 Å². The van der Waals surface area contributed by atoms with Crippen LogP contribution in [0.25, 0.3) is 22.0 Å². The van der Waals surface area contributed by atoms with Crippen LogP contribution in [0.2, 0.25) is 0 Å². The van der Waals surface area contributed by atoms with Crippen molar-refractivity contribution in [1.29, 1.82) is 5.26 Å². The molecule has 1 aromatic heterocycles. The Morgan fingerprint density at radius 2 is 2.00 bits per heavy atom. The molecule has 0 aliphatic carbocycles. The highest BCUT2D eigenvalue weighted by molar-refractivity contribution is 5.93. The van der Waals surface area contributed by atoms with E-state index in [-0.39, 0.29) is 0 Å². The topological polar surface area (TPSA) is 70.8 Å². The van der Waals surface area contributed by atoms with Crippen molar-refractivity contribution in [2.24, 2.45) is 5.92 Å². The van der Waals surface area contributed by atoms with Crippen LogP contribution in [0.15, 0.2) is 48.8 Å². The first-order chi connectivity index (χ1) is 13.2. The van der Waals surface area contributed by atoms with Crippen LogP contribution in [0, 0.1) is 17.2 Å². The molecule has 27 heavy (non-hydrogen) atoms. The van der Waals surface area contributed by atoms with Crippen molar-refractivity contribution in [2.75, 3.05) is 18.5 Å². The monoisotopic (exact) mass is 360 g/mol. The molecule has 0 saturated carbocycles. The highest BCUT2D eigenvalue weighted by Gasteiger charge is 2.10. The number of aromatic nitrogens is 2. The molecule has 0 unspecified atom stereocenters. The number of nitrogens with zero attached hydrogens (tertiary/aromatic N) is 3. The van der Waals surface area contributed by atoms with Crippen LogP contribution in [0.1, 0.15) is 26.7 Å². The van der Waals surface area contributed by atoms with E-state index in [2.05, 4.69) is 41.3 Å². The SMILES string of the molecule is CC(C)CCNc1ncnc2ccc(-c3ccccc3OCCC#N)cc12. The molecule has 5 heteroatoms. The first-order valence-electron chi connectivity index (χ1n) is 9.27. The zero-order valence-electron chi connectivity index (χ0n) is 15.8. The first-order valence-corrected chi connectivity index (χ1v) is 9.27. The smallest absolute Gasteiger partial charge is 0.137 e. The van der Waals surface area contributed by atoms with Crippen molar-refractivity contribution in [3.8, 4) is 22.9 Å². The maximum atomic E-state index is 8.73. The molecule has 0 aliphatic rings. The molecule has 0 bridgehead atoms. The lowest BCUT2D eigenvalue weighted by Crippen LogP contribution is -2.07. The summed E-state index contributed by atoms with van der Waals surface area (Å²) in [7, 11) is 0. The summed E-state index contributed by atoms with van der Waals surface area (Å²) in [6.45, 7) is 5.68. The average Bonchev–Trinajstić information content (AvgIpc) is 2.68. The summed E-state index contributed by atoms with van der Waals surface area (Å²) in [6, 6.07) is 16.1. The Hall–Kier alpha value is -3.13. The third-order valence-corrected chi connectivity index (χ3v) is 4.32. The fourth-order valence-electron chi connectivity index (χ4n) is 2.88. The summed E-state index contributed by atoms with van der Waals surface area (Å²) in [4.78, 5) is 8.82. The number of para-hydroxylation sites is 1. The molecular formula is C22H24N4O. The number of anilines is 1. The predicted molar refractivity (Wildman–Crippen MR) is 109 cm³/mol. The number of nitrogens with one attached hydrogen (secondary N) is 1. The fourth-order valence-corrected chi connectivity index (χ4v) is 2.88. The Bertz CT molecular complexity index is 946. The highest BCUT2D eigenvalue weighted by Crippen LogP contribution is 2.33. The molecule has 0 spiro atoms. The van der Waals surface area contributed by atoms with Crippen molar-refractivity contribution >= 4 is 16.7 Å². The van der Waals surface area contributed by atoms with Crippen molar-refractivity contribution in [3.05, 3.63) is 48.8 Å². The lowest BCUT2D eigenvalue weighted by molar-refractivity contribution is 0.328. The molecule has 0 saturated heterocycles. The zero-order chi connectivity index (χ0) is 19.1. The van der Waals surface area contributed by atoms with Gasteiger partial charge in [-0.1, -0.05) is 38.1 Å². The number of ether oxygens (including phenoxy) is 1. The largest absolute Gasteiger partial charge is 0.492 e. The average molecular weight is 360 g/mol. The minimum absolute atomic E-state index is 0.365. The Kier molecular flexibility index (Phi) is 6.22. The van der Waals surface area contributed by atoms with Gasteiger partial charge in [-0.25, -0.2) is 9.97 Å². The first kappa shape index (κ1) is 18.7. The van der Waals surface area contributed by atoms with Crippen molar-refractivity contribution in [1.82, 2.24) is 9.97 Å². The van der Waals surface area contributed by atoms with Crippen LogP contribution in [-0.4, -0.2) is 23.1 Å². The molecule has 1 heterocycles. The fraction of sp³-hybridized carbons (Fsp3) is 0.318. The van der Waals surface area contributed by atoms with Crippen LogP contribution in [0.3, 0.4) is 0 Å². The second kappa shape index (κ2) is 9.00. The van der Waals surface area contributed by atoms with E-state index in [1.807, 2.05) is 36.4 Å². The minimum Gasteiger partial charge on any atom is -0.492 e. The Morgan fingerprint density at radius 1 is 1.15 bits per heavy atom. The standard InChI is InChI=1S/C22H24N4O/c1-16(2)10-12-24-22-19-14-17(8-9-20(19)25-15-26-22)18-6-3-4-7-21(18)27-13-5-11-23/h3-4,6-9,14-16H,5,10,12-13H2,1-2H3,(H,24,25,26). The zero-order valence-corrected chi connectivity index (χ0v) is 15.8. The van der Waals surface area contributed by atoms with E-state index in [9.17, 15) is 0 Å². The summed E-state index contributed by atoms with van der Waals surface area (Å²) >= 11 is 0. The Labute approximate surface area is 160 Å². The number of fused-ring (bicyclic) bond motifs is 1. The van der Waals surface area contributed by atoms with Gasteiger partial charge in [0.25, 0.3) is 0 Å². The van der Waals surface area contributed by atoms with Gasteiger partial charge in [-0.15, -0.1) is 0 Å². The molecule has 138 valence electrons. The van der Waals surface area contributed by atoms with E-state index < -0.39 is 0 Å². The summed E-state index contributed by atoms with van der Waals surface area (Å²) in [6.07, 6.45) is 3.04. The normalized spacial score (nSPS) is 10.7. The van der Waals surface area contributed by atoms with Crippen LogP contribution in [0.4, 0.5) is 5.82 Å². The molecule has 1 N–H and O–H groups in total. The van der Waals surface area contributed by atoms with Crippen LogP contribution in [0.5, 0.6) is 5.75 Å². The summed E-state index contributed by atoms with van der Waals surface area (Å²) in [5.74, 6) is 2.27. The summed E-state index contributed by atoms with van der Waals surface area (Å²) < 4.78 is 5.80. The minimum atomic E-state index is 0.365. The Balaban J connectivity index is 1.93. The van der Waals surface area contributed by atoms with Gasteiger partial charge < -0.3 is 10.1 Å². The van der Waals surface area contributed by atoms with Gasteiger partial charge in [0.2, 0.25) is 0 Å². The molecule has 0 aliphatic heterocycles. The third-order valence-electron chi connectivity index (χ3n) is 4.32. The van der Waals surface area contributed by atoms with Gasteiger partial charge in [-0.3, -0.25) is 0 Å². The lowest BCUT2D eigenvalue weighted by Gasteiger charge is -2.13. The van der Waals surface area contributed by atoms with E-state index in [1.165, 1.54) is 0 Å². The van der Waals surface area contributed by atoms with Gasteiger partial charge in [0, 0.05) is 17.5 Å². The van der Waals surface area contributed by atoms with Crippen molar-refractivity contribution in [2.45, 2.75) is 26.7 Å². The second-order valence-electron chi connectivity index (χ2n) is 6.82. The van der Waals surface area contributed by atoms with E-state index in [0.717, 1.165) is 46.6 Å². The molecular weight excluding hydrogens is 336 g/mol. The molecule has 3 aromatic rings. The van der Waals surface area contributed by atoms with Crippen molar-refractivity contribution in [3.63, 3.8) is 0 Å². The molecule has 0 atom stereocenters. The van der Waals surface area contributed by atoms with Gasteiger partial charge in [0.1, 0.15) is 24.5 Å². The van der Waals surface area contributed by atoms with E-state index >= 15 is 0 Å². The number of hydrogen-bond donors (Lipinski definition) is 1. The predicted octanol–water partition coefficient (Wildman–Crippen LogP) is 5.05. The number of nitriles is 1. The van der Waals surface area contributed by atoms with Crippen LogP contribution < -0.4 is 10.1 Å². The van der Waals surface area contributed by atoms with Gasteiger partial charge in [-0.2, -0.15) is 5.26 Å². The molecule has 3 rings (SSSR count). The third kappa shape index (κ3) is 4.73. The molecule has 5 nitrogen and oxygen atoms in total. The van der Waals surface area contributed by atoms with E-state index in [1.54, 1.807) is 6.33 Å². The highest BCUT2D eigenvalue weighted by atomic mass is 16.5. The van der Waals surface area contributed by atoms with Crippen LogP contribution >= 0.6 is 0 Å². The van der Waals surface area contributed by atoms with E-state index in [4.69, 9.17) is 10.00 Å². The van der Waals surface area contributed by atoms with Gasteiger partial charge in [-0.05, 0) is 36.1 Å².